The average molecular weight is 603 g/mol. The molecule has 0 amide bonds. The van der Waals surface area contributed by atoms with Gasteiger partial charge in [0.05, 0.1) is 0 Å². The molecule has 0 aliphatic heterocycles. The molecule has 0 heterocycles. The first-order chi connectivity index (χ1) is 20.8. The maximum Gasteiger partial charge on any atom is 0.147 e. The number of rotatable bonds is 34. The highest BCUT2D eigenvalue weighted by Gasteiger charge is 2.27. The van der Waals surface area contributed by atoms with E-state index in [1.807, 2.05) is 0 Å². The first kappa shape index (κ1) is 41.8. The summed E-state index contributed by atoms with van der Waals surface area (Å²) in [5.41, 5.74) is 0.148. The molecule has 43 heavy (non-hydrogen) atoms. The molecule has 252 valence electrons. The molecule has 0 aromatic rings. The van der Waals surface area contributed by atoms with Gasteiger partial charge in [0.15, 0.2) is 0 Å². The Morgan fingerprint density at radius 2 is 0.674 bits per heavy atom. The van der Waals surface area contributed by atoms with E-state index in [-0.39, 0.29) is 17.1 Å². The SMILES string of the molecule is C=C(C=O)C(C(=O)CCCCCCCCCCCCCCC(C)C)C(=O)CCCCCCCCCCCCCCC(C)C. The summed E-state index contributed by atoms with van der Waals surface area (Å²) < 4.78 is 0. The van der Waals surface area contributed by atoms with Crippen molar-refractivity contribution in [3.05, 3.63) is 12.2 Å². The van der Waals surface area contributed by atoms with Gasteiger partial charge in [0.25, 0.3) is 0 Å². The van der Waals surface area contributed by atoms with E-state index < -0.39 is 5.92 Å². The lowest BCUT2D eigenvalue weighted by atomic mass is 9.87. The van der Waals surface area contributed by atoms with Crippen LogP contribution in [-0.4, -0.2) is 17.9 Å². The topological polar surface area (TPSA) is 51.2 Å². The van der Waals surface area contributed by atoms with Crippen LogP contribution in [0.25, 0.3) is 0 Å². The third-order valence-electron chi connectivity index (χ3n) is 9.08. The van der Waals surface area contributed by atoms with Gasteiger partial charge in [0, 0.05) is 18.4 Å². The highest BCUT2D eigenvalue weighted by atomic mass is 16.2. The number of hydrogen-bond donors (Lipinski definition) is 0. The van der Waals surface area contributed by atoms with Crippen LogP contribution in [-0.2, 0) is 14.4 Å². The lowest BCUT2D eigenvalue weighted by Gasteiger charge is -2.14. The fourth-order valence-electron chi connectivity index (χ4n) is 6.19. The largest absolute Gasteiger partial charge is 0.299 e. The van der Waals surface area contributed by atoms with Crippen LogP contribution in [0.3, 0.4) is 0 Å². The predicted molar refractivity (Wildman–Crippen MR) is 188 cm³/mol. The van der Waals surface area contributed by atoms with E-state index in [2.05, 4.69) is 34.3 Å². The Bertz CT molecular complexity index is 629. The summed E-state index contributed by atoms with van der Waals surface area (Å²) in [5, 5.41) is 0. The Balaban J connectivity index is 3.80. The zero-order chi connectivity index (χ0) is 32.0. The van der Waals surface area contributed by atoms with E-state index in [4.69, 9.17) is 0 Å². The Morgan fingerprint density at radius 1 is 0.442 bits per heavy atom. The van der Waals surface area contributed by atoms with Gasteiger partial charge in [-0.2, -0.15) is 0 Å². The van der Waals surface area contributed by atoms with Gasteiger partial charge in [-0.15, -0.1) is 0 Å². The van der Waals surface area contributed by atoms with E-state index in [1.54, 1.807) is 0 Å². The number of ketones is 2. The van der Waals surface area contributed by atoms with Crippen LogP contribution in [0.5, 0.6) is 0 Å². The van der Waals surface area contributed by atoms with E-state index >= 15 is 0 Å². The molecule has 0 aromatic carbocycles. The van der Waals surface area contributed by atoms with Crippen LogP contribution in [0, 0.1) is 17.8 Å². The molecule has 0 saturated carbocycles. The van der Waals surface area contributed by atoms with Gasteiger partial charge in [-0.3, -0.25) is 14.4 Å². The Kier molecular flexibility index (Phi) is 29.9. The molecule has 0 atom stereocenters. The zero-order valence-corrected chi connectivity index (χ0v) is 29.5. The van der Waals surface area contributed by atoms with Crippen molar-refractivity contribution in [1.29, 1.82) is 0 Å². The molecular weight excluding hydrogens is 528 g/mol. The maximum atomic E-state index is 12.8. The average Bonchev–Trinajstić information content (AvgIpc) is 2.97. The minimum atomic E-state index is -0.909. The third kappa shape index (κ3) is 28.0. The second-order valence-electron chi connectivity index (χ2n) is 14.4. The highest BCUT2D eigenvalue weighted by molar-refractivity contribution is 6.09. The van der Waals surface area contributed by atoms with Crippen LogP contribution in [0.2, 0.25) is 0 Å². The predicted octanol–water partition coefficient (Wildman–Crippen LogP) is 12.7. The zero-order valence-electron chi connectivity index (χ0n) is 29.5. The number of aldehydes is 1. The van der Waals surface area contributed by atoms with Crippen molar-refractivity contribution < 1.29 is 14.4 Å². The van der Waals surface area contributed by atoms with Crippen LogP contribution in [0.4, 0.5) is 0 Å². The molecule has 0 spiro atoms. The molecule has 3 heteroatoms. The normalized spacial score (nSPS) is 11.6. The number of carbonyl (C=O) groups excluding carboxylic acids is 3. The minimum absolute atomic E-state index is 0.101. The van der Waals surface area contributed by atoms with Crippen molar-refractivity contribution in [3.63, 3.8) is 0 Å². The summed E-state index contributed by atoms with van der Waals surface area (Å²) >= 11 is 0. The van der Waals surface area contributed by atoms with Gasteiger partial charge < -0.3 is 0 Å². The van der Waals surface area contributed by atoms with Crippen molar-refractivity contribution in [1.82, 2.24) is 0 Å². The van der Waals surface area contributed by atoms with Gasteiger partial charge in [-0.25, -0.2) is 0 Å². The molecule has 0 aliphatic rings. The minimum Gasteiger partial charge on any atom is -0.299 e. The van der Waals surface area contributed by atoms with Crippen LogP contribution >= 0.6 is 0 Å². The van der Waals surface area contributed by atoms with Gasteiger partial charge in [-0.05, 0) is 24.7 Å². The Morgan fingerprint density at radius 3 is 0.907 bits per heavy atom. The smallest absolute Gasteiger partial charge is 0.147 e. The molecule has 0 fully saturated rings. The maximum absolute atomic E-state index is 12.8. The van der Waals surface area contributed by atoms with Crippen LogP contribution < -0.4 is 0 Å². The highest BCUT2D eigenvalue weighted by Crippen LogP contribution is 2.20. The van der Waals surface area contributed by atoms with Gasteiger partial charge in [-0.1, -0.05) is 188 Å². The summed E-state index contributed by atoms with van der Waals surface area (Å²) in [6.07, 6.45) is 34.2. The second kappa shape index (κ2) is 30.8. The lowest BCUT2D eigenvalue weighted by Crippen LogP contribution is -2.26. The number of unbranched alkanes of at least 4 members (excludes halogenated alkanes) is 22. The molecule has 0 unspecified atom stereocenters. The van der Waals surface area contributed by atoms with E-state index in [0.717, 1.165) is 50.4 Å². The van der Waals surface area contributed by atoms with Gasteiger partial charge in [0.2, 0.25) is 0 Å². The summed E-state index contributed by atoms with van der Waals surface area (Å²) in [7, 11) is 0. The standard InChI is InChI=1S/C40H74O3/c1-35(2)30-26-22-18-14-10-6-8-12-16-20-24-28-32-38(42)40(37(5)34-41)39(43)33-29-25-21-17-13-9-7-11-15-19-23-27-31-36(3)4/h34-36,40H,5-33H2,1-4H3. The molecule has 0 bridgehead atoms. The summed E-state index contributed by atoms with van der Waals surface area (Å²) in [6, 6.07) is 0. The molecular formula is C40H74O3. The van der Waals surface area contributed by atoms with E-state index in [9.17, 15) is 14.4 Å². The van der Waals surface area contributed by atoms with E-state index in [1.165, 1.54) is 128 Å². The molecule has 0 rings (SSSR count). The summed E-state index contributed by atoms with van der Waals surface area (Å²) in [5.74, 6) is 0.566. The lowest BCUT2D eigenvalue weighted by molar-refractivity contribution is -0.132. The van der Waals surface area contributed by atoms with Crippen molar-refractivity contribution in [2.45, 2.75) is 207 Å². The summed E-state index contributed by atoms with van der Waals surface area (Å²) in [6.45, 7) is 13.0. The van der Waals surface area contributed by atoms with Crippen molar-refractivity contribution >= 4 is 17.9 Å². The monoisotopic (exact) mass is 603 g/mol. The van der Waals surface area contributed by atoms with E-state index in [0.29, 0.717) is 19.1 Å². The Labute approximate surface area is 269 Å². The molecule has 0 saturated heterocycles. The van der Waals surface area contributed by atoms with Crippen LogP contribution in [0.15, 0.2) is 12.2 Å². The fraction of sp³-hybridized carbons (Fsp3) is 0.875. The van der Waals surface area contributed by atoms with Gasteiger partial charge >= 0.3 is 0 Å². The van der Waals surface area contributed by atoms with Crippen molar-refractivity contribution in [2.24, 2.45) is 17.8 Å². The van der Waals surface area contributed by atoms with Crippen molar-refractivity contribution in [2.75, 3.05) is 0 Å². The molecule has 0 aliphatic carbocycles. The number of hydrogen-bond acceptors (Lipinski definition) is 3. The number of allylic oxidation sites excluding steroid dienone is 1. The Hall–Kier alpha value is -1.25. The first-order valence-corrected chi connectivity index (χ1v) is 19.0. The summed E-state index contributed by atoms with van der Waals surface area (Å²) in [4.78, 5) is 37.1. The van der Waals surface area contributed by atoms with Crippen molar-refractivity contribution in [3.8, 4) is 0 Å². The molecule has 3 nitrogen and oxygen atoms in total. The second-order valence-corrected chi connectivity index (χ2v) is 14.4. The van der Waals surface area contributed by atoms with Crippen LogP contribution in [0.1, 0.15) is 207 Å². The molecule has 0 aromatic heterocycles. The first-order valence-electron chi connectivity index (χ1n) is 19.0. The third-order valence-corrected chi connectivity index (χ3v) is 9.08. The number of carbonyl (C=O) groups is 3. The molecule has 0 radical (unpaired) electrons. The fourth-order valence-corrected chi connectivity index (χ4v) is 6.19. The van der Waals surface area contributed by atoms with Gasteiger partial charge in [0.1, 0.15) is 23.8 Å². The molecule has 0 N–H and O–H groups in total. The number of Topliss-reactive ketones (excluding diaryl/α,β-unsaturated/α-hetero) is 2. The quantitative estimate of drug-likeness (QED) is 0.0318.